The highest BCUT2D eigenvalue weighted by Gasteiger charge is 2.13. The van der Waals surface area contributed by atoms with Crippen molar-refractivity contribution in [3.63, 3.8) is 0 Å². The van der Waals surface area contributed by atoms with E-state index in [0.717, 1.165) is 40.1 Å². The van der Waals surface area contributed by atoms with Crippen molar-refractivity contribution in [3.05, 3.63) is 75.4 Å². The maximum Gasteiger partial charge on any atom is 0.256 e. The number of aromatic nitrogens is 2. The van der Waals surface area contributed by atoms with Gasteiger partial charge in [-0.1, -0.05) is 48.8 Å². The van der Waals surface area contributed by atoms with Crippen molar-refractivity contribution < 1.29 is 9.53 Å². The van der Waals surface area contributed by atoms with Crippen LogP contribution in [-0.4, -0.2) is 28.8 Å². The molecular weight excluding hydrogens is 468 g/mol. The van der Waals surface area contributed by atoms with Gasteiger partial charge in [-0.3, -0.25) is 9.48 Å². The molecule has 0 fully saturated rings. The van der Waals surface area contributed by atoms with Gasteiger partial charge in [0, 0.05) is 33.9 Å². The molecule has 0 atom stereocenters. The first-order valence-corrected chi connectivity index (χ1v) is 11.7. The van der Waals surface area contributed by atoms with Crippen LogP contribution in [0.15, 0.2) is 53.0 Å². The van der Waals surface area contributed by atoms with E-state index in [-0.39, 0.29) is 5.91 Å². The molecule has 170 valence electrons. The normalized spacial score (nSPS) is 11.1. The van der Waals surface area contributed by atoms with Crippen LogP contribution in [0.2, 0.25) is 0 Å². The zero-order chi connectivity index (χ0) is 23.1. The predicted octanol–water partition coefficient (Wildman–Crippen LogP) is 5.40. The SMILES string of the molecule is CCNCc1ccc(C(=O)Nc2cc(C)n(Cc3cc(Br)ccc3OCC(C)C)n2)cc1. The Balaban J connectivity index is 1.70. The van der Waals surface area contributed by atoms with Crippen LogP contribution in [0, 0.1) is 12.8 Å². The Labute approximate surface area is 198 Å². The van der Waals surface area contributed by atoms with E-state index in [1.807, 2.05) is 60.1 Å². The fourth-order valence-electron chi connectivity index (χ4n) is 3.19. The lowest BCUT2D eigenvalue weighted by molar-refractivity contribution is 0.102. The lowest BCUT2D eigenvalue weighted by atomic mass is 10.1. The first-order chi connectivity index (χ1) is 15.4. The molecule has 0 unspecified atom stereocenters. The maximum atomic E-state index is 12.7. The zero-order valence-electron chi connectivity index (χ0n) is 19.1. The number of aryl methyl sites for hydroxylation is 1. The molecule has 1 aromatic heterocycles. The van der Waals surface area contributed by atoms with Gasteiger partial charge in [-0.2, -0.15) is 5.10 Å². The van der Waals surface area contributed by atoms with E-state index in [4.69, 9.17) is 4.74 Å². The van der Waals surface area contributed by atoms with Crippen LogP contribution in [-0.2, 0) is 13.1 Å². The summed E-state index contributed by atoms with van der Waals surface area (Å²) in [4.78, 5) is 12.7. The van der Waals surface area contributed by atoms with Gasteiger partial charge in [0.1, 0.15) is 5.75 Å². The van der Waals surface area contributed by atoms with Gasteiger partial charge >= 0.3 is 0 Å². The molecule has 2 N–H and O–H groups in total. The van der Waals surface area contributed by atoms with Gasteiger partial charge in [0.15, 0.2) is 5.82 Å². The summed E-state index contributed by atoms with van der Waals surface area (Å²) in [5, 5.41) is 10.8. The van der Waals surface area contributed by atoms with Gasteiger partial charge in [0.2, 0.25) is 0 Å². The average Bonchev–Trinajstić information content (AvgIpc) is 3.10. The van der Waals surface area contributed by atoms with Crippen LogP contribution in [0.1, 0.15) is 48.0 Å². The Kier molecular flexibility index (Phi) is 8.47. The number of carbonyl (C=O) groups is 1. The van der Waals surface area contributed by atoms with E-state index < -0.39 is 0 Å². The van der Waals surface area contributed by atoms with Gasteiger partial charge in [0.05, 0.1) is 13.2 Å². The van der Waals surface area contributed by atoms with Crippen molar-refractivity contribution in [1.82, 2.24) is 15.1 Å². The fourth-order valence-corrected chi connectivity index (χ4v) is 3.60. The summed E-state index contributed by atoms with van der Waals surface area (Å²) in [5.74, 6) is 1.65. The van der Waals surface area contributed by atoms with E-state index in [1.165, 1.54) is 0 Å². The fraction of sp³-hybridized carbons (Fsp3) is 0.360. The molecule has 7 heteroatoms. The largest absolute Gasteiger partial charge is 0.493 e. The standard InChI is InChI=1S/C25H31BrN4O2/c1-5-27-14-19-6-8-20(9-7-19)25(31)28-24-12-18(4)30(29-24)15-21-13-22(26)10-11-23(21)32-16-17(2)3/h6-13,17,27H,5,14-16H2,1-4H3,(H,28,29,31). The number of ether oxygens (including phenoxy) is 1. The van der Waals surface area contributed by atoms with Gasteiger partial charge in [-0.15, -0.1) is 0 Å². The molecule has 32 heavy (non-hydrogen) atoms. The summed E-state index contributed by atoms with van der Waals surface area (Å²) < 4.78 is 8.85. The molecule has 0 saturated heterocycles. The van der Waals surface area contributed by atoms with Crippen molar-refractivity contribution in [2.24, 2.45) is 5.92 Å². The first kappa shape index (κ1) is 24.0. The number of anilines is 1. The third kappa shape index (κ3) is 6.68. The second-order valence-corrected chi connectivity index (χ2v) is 9.13. The molecule has 2 aromatic carbocycles. The smallest absolute Gasteiger partial charge is 0.256 e. The highest BCUT2D eigenvalue weighted by molar-refractivity contribution is 9.10. The summed E-state index contributed by atoms with van der Waals surface area (Å²) >= 11 is 3.54. The van der Waals surface area contributed by atoms with E-state index >= 15 is 0 Å². The molecule has 0 aliphatic carbocycles. The Bertz CT molecular complexity index is 1040. The molecule has 3 aromatic rings. The molecule has 0 spiro atoms. The second kappa shape index (κ2) is 11.3. The number of hydrogen-bond acceptors (Lipinski definition) is 4. The molecule has 0 bridgehead atoms. The van der Waals surface area contributed by atoms with E-state index in [0.29, 0.717) is 30.5 Å². The van der Waals surface area contributed by atoms with Crippen molar-refractivity contribution in [2.45, 2.75) is 40.8 Å². The molecule has 3 rings (SSSR count). The second-order valence-electron chi connectivity index (χ2n) is 8.22. The third-order valence-electron chi connectivity index (χ3n) is 4.93. The van der Waals surface area contributed by atoms with Gasteiger partial charge in [-0.05, 0) is 55.3 Å². The van der Waals surface area contributed by atoms with Crippen molar-refractivity contribution in [2.75, 3.05) is 18.5 Å². The number of amides is 1. The predicted molar refractivity (Wildman–Crippen MR) is 132 cm³/mol. The summed E-state index contributed by atoms with van der Waals surface area (Å²) in [6, 6.07) is 15.5. The number of hydrogen-bond donors (Lipinski definition) is 2. The van der Waals surface area contributed by atoms with Crippen LogP contribution in [0.25, 0.3) is 0 Å². The highest BCUT2D eigenvalue weighted by atomic mass is 79.9. The summed E-state index contributed by atoms with van der Waals surface area (Å²) in [5.41, 5.74) is 3.73. The van der Waals surface area contributed by atoms with Crippen LogP contribution in [0.4, 0.5) is 5.82 Å². The molecule has 0 aliphatic rings. The zero-order valence-corrected chi connectivity index (χ0v) is 20.7. The molecule has 1 heterocycles. The summed E-state index contributed by atoms with van der Waals surface area (Å²) in [6.45, 7) is 11.2. The number of benzene rings is 2. The Morgan fingerprint density at radius 1 is 1.16 bits per heavy atom. The molecule has 0 radical (unpaired) electrons. The number of nitrogens with one attached hydrogen (secondary N) is 2. The minimum Gasteiger partial charge on any atom is -0.493 e. The lowest BCUT2D eigenvalue weighted by Crippen LogP contribution is -2.14. The molecule has 6 nitrogen and oxygen atoms in total. The van der Waals surface area contributed by atoms with E-state index in [2.05, 4.69) is 52.4 Å². The van der Waals surface area contributed by atoms with Gasteiger partial charge in [0.25, 0.3) is 5.91 Å². The topological polar surface area (TPSA) is 68.2 Å². The van der Waals surface area contributed by atoms with Crippen LogP contribution < -0.4 is 15.4 Å². The monoisotopic (exact) mass is 498 g/mol. The number of nitrogens with zero attached hydrogens (tertiary/aromatic N) is 2. The quantitative estimate of drug-likeness (QED) is 0.392. The van der Waals surface area contributed by atoms with Crippen molar-refractivity contribution >= 4 is 27.7 Å². The molecule has 0 aliphatic heterocycles. The Hall–Kier alpha value is -2.64. The van der Waals surface area contributed by atoms with E-state index in [1.54, 1.807) is 0 Å². The third-order valence-corrected chi connectivity index (χ3v) is 5.43. The van der Waals surface area contributed by atoms with Crippen molar-refractivity contribution in [1.29, 1.82) is 0 Å². The summed E-state index contributed by atoms with van der Waals surface area (Å²) in [6.07, 6.45) is 0. The first-order valence-electron chi connectivity index (χ1n) is 10.9. The maximum absolute atomic E-state index is 12.7. The van der Waals surface area contributed by atoms with Gasteiger partial charge in [-0.25, -0.2) is 0 Å². The number of halogens is 1. The Morgan fingerprint density at radius 3 is 2.59 bits per heavy atom. The van der Waals surface area contributed by atoms with Gasteiger partial charge < -0.3 is 15.4 Å². The highest BCUT2D eigenvalue weighted by Crippen LogP contribution is 2.25. The van der Waals surface area contributed by atoms with Crippen LogP contribution in [0.3, 0.4) is 0 Å². The van der Waals surface area contributed by atoms with Crippen molar-refractivity contribution in [3.8, 4) is 5.75 Å². The minimum atomic E-state index is -0.173. The minimum absolute atomic E-state index is 0.173. The molecular formula is C25H31BrN4O2. The van der Waals surface area contributed by atoms with E-state index in [9.17, 15) is 4.79 Å². The average molecular weight is 499 g/mol. The number of rotatable bonds is 10. The van der Waals surface area contributed by atoms with Crippen LogP contribution >= 0.6 is 15.9 Å². The number of carbonyl (C=O) groups excluding carboxylic acids is 1. The van der Waals surface area contributed by atoms with Crippen LogP contribution in [0.5, 0.6) is 5.75 Å². The summed E-state index contributed by atoms with van der Waals surface area (Å²) in [7, 11) is 0. The molecule has 0 saturated carbocycles. The Morgan fingerprint density at radius 2 is 1.91 bits per heavy atom. The lowest BCUT2D eigenvalue weighted by Gasteiger charge is -2.14. The molecule has 1 amide bonds.